The van der Waals surface area contributed by atoms with Crippen molar-refractivity contribution in [2.45, 2.75) is 12.8 Å². The van der Waals surface area contributed by atoms with Gasteiger partial charge < -0.3 is 10.6 Å². The first-order valence-electron chi connectivity index (χ1n) is 5.34. The maximum atomic E-state index is 11.2. The monoisotopic (exact) mass is 255 g/mol. The lowest BCUT2D eigenvalue weighted by Crippen LogP contribution is -2.14. The topological polar surface area (TPSA) is 85.0 Å². The van der Waals surface area contributed by atoms with Crippen molar-refractivity contribution in [1.29, 1.82) is 0 Å². The van der Waals surface area contributed by atoms with E-state index in [4.69, 9.17) is 5.73 Å². The number of aromatic nitrogens is 3. The summed E-state index contributed by atoms with van der Waals surface area (Å²) in [6.07, 6.45) is 2.57. The molecule has 0 saturated carbocycles. The van der Waals surface area contributed by atoms with Crippen molar-refractivity contribution in [3.8, 4) is 0 Å². The van der Waals surface area contributed by atoms with E-state index in [1.54, 1.807) is 0 Å². The second-order valence-corrected chi connectivity index (χ2v) is 4.76. The van der Waals surface area contributed by atoms with Gasteiger partial charge in [0.25, 0.3) is 0 Å². The normalized spacial score (nSPS) is 10.3. The highest BCUT2D eigenvalue weighted by molar-refractivity contribution is 8.13. The average molecular weight is 255 g/mol. The van der Waals surface area contributed by atoms with Gasteiger partial charge >= 0.3 is 0 Å². The fraction of sp³-hybridized carbons (Fsp3) is 0.600. The molecule has 0 radical (unpaired) electrons. The SMILES string of the molecule is CN(C)c1ncnc(CCSC(=O)CCN)n1. The summed E-state index contributed by atoms with van der Waals surface area (Å²) >= 11 is 1.28. The largest absolute Gasteiger partial charge is 0.347 e. The highest BCUT2D eigenvalue weighted by Crippen LogP contribution is 2.08. The van der Waals surface area contributed by atoms with E-state index in [-0.39, 0.29) is 5.12 Å². The average Bonchev–Trinajstić information content (AvgIpc) is 2.30. The number of rotatable bonds is 6. The summed E-state index contributed by atoms with van der Waals surface area (Å²) in [7, 11) is 3.75. The van der Waals surface area contributed by atoms with Crippen LogP contribution < -0.4 is 10.6 Å². The minimum absolute atomic E-state index is 0.120. The molecule has 0 amide bonds. The van der Waals surface area contributed by atoms with Gasteiger partial charge in [0.2, 0.25) is 5.95 Å². The molecule has 0 aliphatic heterocycles. The quantitative estimate of drug-likeness (QED) is 0.771. The lowest BCUT2D eigenvalue weighted by molar-refractivity contribution is -0.110. The molecule has 0 atom stereocenters. The van der Waals surface area contributed by atoms with E-state index in [1.165, 1.54) is 18.1 Å². The number of hydrogen-bond acceptors (Lipinski definition) is 7. The minimum Gasteiger partial charge on any atom is -0.347 e. The van der Waals surface area contributed by atoms with Crippen LogP contribution in [0.1, 0.15) is 12.2 Å². The molecule has 0 aliphatic rings. The first-order valence-corrected chi connectivity index (χ1v) is 6.33. The Morgan fingerprint density at radius 3 is 2.88 bits per heavy atom. The molecule has 1 aromatic heterocycles. The molecule has 0 aromatic carbocycles. The Bertz CT molecular complexity index is 371. The van der Waals surface area contributed by atoms with E-state index in [1.807, 2.05) is 19.0 Å². The maximum Gasteiger partial charge on any atom is 0.228 e. The molecule has 0 saturated heterocycles. The molecular formula is C10H17N5OS. The molecule has 0 spiro atoms. The predicted molar refractivity (Wildman–Crippen MR) is 69.0 cm³/mol. The van der Waals surface area contributed by atoms with Crippen molar-refractivity contribution in [1.82, 2.24) is 15.0 Å². The molecule has 94 valence electrons. The number of carbonyl (C=O) groups is 1. The second-order valence-electron chi connectivity index (χ2n) is 3.61. The van der Waals surface area contributed by atoms with Gasteiger partial charge in [-0.05, 0) is 0 Å². The Balaban J connectivity index is 2.41. The van der Waals surface area contributed by atoms with Crippen LogP contribution in [0.3, 0.4) is 0 Å². The van der Waals surface area contributed by atoms with Crippen molar-refractivity contribution >= 4 is 22.8 Å². The molecule has 2 N–H and O–H groups in total. The predicted octanol–water partition coefficient (Wildman–Crippen LogP) is 0.0887. The van der Waals surface area contributed by atoms with Crippen molar-refractivity contribution in [2.24, 2.45) is 5.73 Å². The van der Waals surface area contributed by atoms with E-state index in [2.05, 4.69) is 15.0 Å². The third-order valence-corrected chi connectivity index (χ3v) is 2.88. The second kappa shape index (κ2) is 7.18. The van der Waals surface area contributed by atoms with Crippen LogP contribution in [0.25, 0.3) is 0 Å². The molecule has 0 fully saturated rings. The van der Waals surface area contributed by atoms with E-state index in [9.17, 15) is 4.79 Å². The summed E-state index contributed by atoms with van der Waals surface area (Å²) in [4.78, 5) is 25.4. The summed E-state index contributed by atoms with van der Waals surface area (Å²) in [6.45, 7) is 0.405. The van der Waals surface area contributed by atoms with Crippen molar-refractivity contribution < 1.29 is 4.79 Å². The summed E-state index contributed by atoms with van der Waals surface area (Å²) in [5.74, 6) is 2.01. The fourth-order valence-corrected chi connectivity index (χ4v) is 1.88. The number of nitrogens with zero attached hydrogens (tertiary/aromatic N) is 4. The van der Waals surface area contributed by atoms with Crippen molar-refractivity contribution in [2.75, 3.05) is 31.3 Å². The lowest BCUT2D eigenvalue weighted by Gasteiger charge is -2.09. The number of aryl methyl sites for hydroxylation is 1. The number of carbonyl (C=O) groups excluding carboxylic acids is 1. The first kappa shape index (κ1) is 13.9. The van der Waals surface area contributed by atoms with Gasteiger partial charge in [-0.3, -0.25) is 4.79 Å². The van der Waals surface area contributed by atoms with Crippen molar-refractivity contribution in [3.05, 3.63) is 12.2 Å². The van der Waals surface area contributed by atoms with Gasteiger partial charge in [0.1, 0.15) is 12.2 Å². The Labute approximate surface area is 105 Å². The van der Waals surface area contributed by atoms with Crippen LogP contribution in [0.15, 0.2) is 6.33 Å². The van der Waals surface area contributed by atoms with Crippen LogP contribution >= 0.6 is 11.8 Å². The van der Waals surface area contributed by atoms with E-state index in [0.717, 1.165) is 0 Å². The van der Waals surface area contributed by atoms with Gasteiger partial charge in [-0.15, -0.1) is 0 Å². The maximum absolute atomic E-state index is 11.2. The number of thioether (sulfide) groups is 1. The lowest BCUT2D eigenvalue weighted by atomic mass is 10.4. The third-order valence-electron chi connectivity index (χ3n) is 1.95. The molecule has 17 heavy (non-hydrogen) atoms. The zero-order chi connectivity index (χ0) is 12.7. The Hall–Kier alpha value is -1.21. The van der Waals surface area contributed by atoms with Crippen LogP contribution in [0.5, 0.6) is 0 Å². The number of hydrogen-bond donors (Lipinski definition) is 1. The van der Waals surface area contributed by atoms with Gasteiger partial charge in [0.15, 0.2) is 5.12 Å². The zero-order valence-corrected chi connectivity index (χ0v) is 10.9. The van der Waals surface area contributed by atoms with Crippen LogP contribution in [0, 0.1) is 0 Å². The van der Waals surface area contributed by atoms with Gasteiger partial charge in [0, 0.05) is 39.2 Å². The van der Waals surface area contributed by atoms with Crippen LogP contribution in [0.2, 0.25) is 0 Å². The molecule has 0 bridgehead atoms. The summed E-state index contributed by atoms with van der Waals surface area (Å²) in [6, 6.07) is 0. The molecule has 6 nitrogen and oxygen atoms in total. The standard InChI is InChI=1S/C10H17N5OS/c1-15(2)10-13-7-12-8(14-10)4-6-17-9(16)3-5-11/h7H,3-6,11H2,1-2H3. The van der Waals surface area contributed by atoms with Crippen LogP contribution in [-0.4, -0.2) is 46.5 Å². The van der Waals surface area contributed by atoms with Gasteiger partial charge in [-0.1, -0.05) is 11.8 Å². The first-order chi connectivity index (χ1) is 8.13. The van der Waals surface area contributed by atoms with E-state index < -0.39 is 0 Å². The van der Waals surface area contributed by atoms with E-state index in [0.29, 0.717) is 36.9 Å². The summed E-state index contributed by atoms with van der Waals surface area (Å²) < 4.78 is 0. The molecule has 0 aliphatic carbocycles. The Morgan fingerprint density at radius 1 is 1.47 bits per heavy atom. The van der Waals surface area contributed by atoms with Crippen LogP contribution in [-0.2, 0) is 11.2 Å². The number of nitrogens with two attached hydrogens (primary N) is 1. The highest BCUT2D eigenvalue weighted by atomic mass is 32.2. The highest BCUT2D eigenvalue weighted by Gasteiger charge is 2.05. The van der Waals surface area contributed by atoms with Crippen LogP contribution in [0.4, 0.5) is 5.95 Å². The zero-order valence-electron chi connectivity index (χ0n) is 10.1. The number of anilines is 1. The Morgan fingerprint density at radius 2 is 2.24 bits per heavy atom. The van der Waals surface area contributed by atoms with Gasteiger partial charge in [0.05, 0.1) is 0 Å². The van der Waals surface area contributed by atoms with Gasteiger partial charge in [-0.2, -0.15) is 4.98 Å². The van der Waals surface area contributed by atoms with Crippen molar-refractivity contribution in [3.63, 3.8) is 0 Å². The van der Waals surface area contributed by atoms with Gasteiger partial charge in [-0.25, -0.2) is 9.97 Å². The molecular weight excluding hydrogens is 238 g/mol. The molecule has 1 aromatic rings. The molecule has 1 rings (SSSR count). The molecule has 7 heteroatoms. The Kier molecular flexibility index (Phi) is 5.85. The third kappa shape index (κ3) is 5.10. The molecule has 0 unspecified atom stereocenters. The summed E-state index contributed by atoms with van der Waals surface area (Å²) in [5, 5.41) is 0.120. The molecule has 1 heterocycles. The fourth-order valence-electron chi connectivity index (χ4n) is 1.10. The smallest absolute Gasteiger partial charge is 0.228 e. The summed E-state index contributed by atoms with van der Waals surface area (Å²) in [5.41, 5.74) is 5.29. The van der Waals surface area contributed by atoms with E-state index >= 15 is 0 Å². The minimum atomic E-state index is 0.120.